The predicted molar refractivity (Wildman–Crippen MR) is 97.7 cm³/mol. The molecule has 1 aliphatic rings. The van der Waals surface area contributed by atoms with Gasteiger partial charge in [0.25, 0.3) is 0 Å². The van der Waals surface area contributed by atoms with Gasteiger partial charge < -0.3 is 9.88 Å². The number of benzene rings is 2. The van der Waals surface area contributed by atoms with Crippen molar-refractivity contribution < 1.29 is 4.39 Å². The number of H-pyrrole nitrogens is 1. The highest BCUT2D eigenvalue weighted by molar-refractivity contribution is 5.90. The number of fused-ring (bicyclic) bond motifs is 1. The highest BCUT2D eigenvalue weighted by Gasteiger charge is 2.15. The second-order valence-electron chi connectivity index (χ2n) is 6.68. The summed E-state index contributed by atoms with van der Waals surface area (Å²) >= 11 is 0. The molecule has 2 nitrogen and oxygen atoms in total. The number of para-hydroxylation sites is 1. The Balaban J connectivity index is 1.68. The van der Waals surface area contributed by atoms with Gasteiger partial charge in [-0.05, 0) is 73.8 Å². The molecule has 3 aromatic rings. The minimum atomic E-state index is -0.190. The Bertz CT molecular complexity index is 813. The van der Waals surface area contributed by atoms with Crippen LogP contribution in [0.2, 0.25) is 0 Å². The highest BCUT2D eigenvalue weighted by atomic mass is 19.1. The van der Waals surface area contributed by atoms with E-state index in [9.17, 15) is 4.39 Å². The minimum absolute atomic E-state index is 0.190. The lowest BCUT2D eigenvalue weighted by Gasteiger charge is -2.26. The molecule has 1 aromatic heterocycles. The first-order valence-electron chi connectivity index (χ1n) is 8.89. The number of aromatic amines is 1. The monoisotopic (exact) mass is 322 g/mol. The van der Waals surface area contributed by atoms with E-state index in [0.717, 1.165) is 29.7 Å². The predicted octanol–water partition coefficient (Wildman–Crippen LogP) is 5.00. The van der Waals surface area contributed by atoms with Crippen LogP contribution in [-0.4, -0.2) is 29.5 Å². The first-order valence-corrected chi connectivity index (χ1v) is 8.89. The van der Waals surface area contributed by atoms with Crippen LogP contribution >= 0.6 is 0 Å². The number of hydrogen-bond donors (Lipinski definition) is 1. The molecule has 1 aliphatic heterocycles. The van der Waals surface area contributed by atoms with E-state index in [4.69, 9.17) is 0 Å². The molecule has 0 spiro atoms. The third-order valence-electron chi connectivity index (χ3n) is 5.07. The Morgan fingerprint density at radius 1 is 0.917 bits per heavy atom. The lowest BCUT2D eigenvalue weighted by Crippen LogP contribution is -2.31. The number of nitrogens with zero attached hydrogens (tertiary/aromatic N) is 1. The van der Waals surface area contributed by atoms with E-state index in [1.807, 2.05) is 12.1 Å². The summed E-state index contributed by atoms with van der Waals surface area (Å²) in [7, 11) is 0. The van der Waals surface area contributed by atoms with Gasteiger partial charge in [0.15, 0.2) is 0 Å². The normalized spacial score (nSPS) is 15.9. The summed E-state index contributed by atoms with van der Waals surface area (Å²) in [4.78, 5) is 6.12. The van der Waals surface area contributed by atoms with Gasteiger partial charge in [-0.25, -0.2) is 4.39 Å². The zero-order valence-electron chi connectivity index (χ0n) is 13.9. The van der Waals surface area contributed by atoms with E-state index in [-0.39, 0.29) is 5.82 Å². The lowest BCUT2D eigenvalue weighted by atomic mass is 10.0. The maximum Gasteiger partial charge on any atom is 0.123 e. The van der Waals surface area contributed by atoms with Gasteiger partial charge in [-0.1, -0.05) is 24.6 Å². The number of rotatable bonds is 4. The zero-order chi connectivity index (χ0) is 16.4. The van der Waals surface area contributed by atoms with Crippen molar-refractivity contribution in [1.82, 2.24) is 9.88 Å². The van der Waals surface area contributed by atoms with Crippen molar-refractivity contribution in [1.29, 1.82) is 0 Å². The molecule has 1 saturated heterocycles. The molecule has 2 aromatic carbocycles. The standard InChI is InChI=1S/C21H23FN2/c22-17-10-8-16(9-11-17)21-19(12-15-24-13-4-1-5-14-24)18-6-2-3-7-20(18)23-21/h2-3,6-11,23H,1,4-5,12-15H2. The van der Waals surface area contributed by atoms with Gasteiger partial charge in [-0.3, -0.25) is 0 Å². The van der Waals surface area contributed by atoms with E-state index in [1.54, 1.807) is 0 Å². The van der Waals surface area contributed by atoms with Gasteiger partial charge >= 0.3 is 0 Å². The molecular formula is C21H23FN2. The summed E-state index contributed by atoms with van der Waals surface area (Å²) in [5.74, 6) is -0.190. The topological polar surface area (TPSA) is 19.0 Å². The quantitative estimate of drug-likeness (QED) is 0.716. The smallest absolute Gasteiger partial charge is 0.123 e. The van der Waals surface area contributed by atoms with Gasteiger partial charge in [-0.2, -0.15) is 0 Å². The van der Waals surface area contributed by atoms with E-state index < -0.39 is 0 Å². The number of nitrogens with one attached hydrogen (secondary N) is 1. The molecule has 3 heteroatoms. The van der Waals surface area contributed by atoms with Crippen molar-refractivity contribution in [2.45, 2.75) is 25.7 Å². The van der Waals surface area contributed by atoms with Crippen LogP contribution in [0.15, 0.2) is 48.5 Å². The molecule has 24 heavy (non-hydrogen) atoms. The SMILES string of the molecule is Fc1ccc(-c2[nH]c3ccccc3c2CCN2CCCCC2)cc1. The number of halogens is 1. The van der Waals surface area contributed by atoms with Gasteiger partial charge in [0.05, 0.1) is 0 Å². The summed E-state index contributed by atoms with van der Waals surface area (Å²) in [6.45, 7) is 3.53. The van der Waals surface area contributed by atoms with Gasteiger partial charge in [0.1, 0.15) is 5.82 Å². The average molecular weight is 322 g/mol. The zero-order valence-corrected chi connectivity index (χ0v) is 13.9. The minimum Gasteiger partial charge on any atom is -0.354 e. The van der Waals surface area contributed by atoms with Crippen LogP contribution in [0.4, 0.5) is 4.39 Å². The molecule has 124 valence electrons. The number of piperidine rings is 1. The fourth-order valence-corrected chi connectivity index (χ4v) is 3.78. The largest absolute Gasteiger partial charge is 0.354 e. The lowest BCUT2D eigenvalue weighted by molar-refractivity contribution is 0.232. The van der Waals surface area contributed by atoms with Crippen molar-refractivity contribution in [3.05, 3.63) is 59.9 Å². The third kappa shape index (κ3) is 3.09. The summed E-state index contributed by atoms with van der Waals surface area (Å²) in [5, 5.41) is 1.29. The molecule has 2 heterocycles. The number of aromatic nitrogens is 1. The van der Waals surface area contributed by atoms with Gasteiger partial charge in [0.2, 0.25) is 0 Å². The number of likely N-dealkylation sites (tertiary alicyclic amines) is 1. The van der Waals surface area contributed by atoms with Gasteiger partial charge in [0, 0.05) is 23.1 Å². The molecule has 1 fully saturated rings. The van der Waals surface area contributed by atoms with Crippen LogP contribution in [0.25, 0.3) is 22.2 Å². The Labute approximate surface area is 142 Å². The van der Waals surface area contributed by atoms with E-state index in [0.29, 0.717) is 0 Å². The van der Waals surface area contributed by atoms with E-state index in [1.165, 1.54) is 55.4 Å². The Morgan fingerprint density at radius 2 is 1.67 bits per heavy atom. The maximum absolute atomic E-state index is 13.3. The molecule has 0 amide bonds. The summed E-state index contributed by atoms with van der Waals surface area (Å²) in [6, 6.07) is 15.3. The molecule has 4 rings (SSSR count). The maximum atomic E-state index is 13.3. The molecule has 0 aliphatic carbocycles. The van der Waals surface area contributed by atoms with Crippen LogP contribution in [0.5, 0.6) is 0 Å². The molecule has 0 unspecified atom stereocenters. The van der Waals surface area contributed by atoms with Crippen molar-refractivity contribution >= 4 is 10.9 Å². The summed E-state index contributed by atoms with van der Waals surface area (Å²) in [5.41, 5.74) is 4.70. The molecule has 0 bridgehead atoms. The van der Waals surface area contributed by atoms with Crippen LogP contribution < -0.4 is 0 Å². The van der Waals surface area contributed by atoms with Crippen LogP contribution in [0, 0.1) is 5.82 Å². The Hall–Kier alpha value is -2.13. The Kier molecular flexibility index (Phi) is 4.35. The highest BCUT2D eigenvalue weighted by Crippen LogP contribution is 2.31. The van der Waals surface area contributed by atoms with E-state index >= 15 is 0 Å². The third-order valence-corrected chi connectivity index (χ3v) is 5.07. The summed E-state index contributed by atoms with van der Waals surface area (Å²) in [6.07, 6.45) is 5.03. The fourth-order valence-electron chi connectivity index (χ4n) is 3.78. The van der Waals surface area contributed by atoms with Gasteiger partial charge in [-0.15, -0.1) is 0 Å². The van der Waals surface area contributed by atoms with Crippen LogP contribution in [0.3, 0.4) is 0 Å². The van der Waals surface area contributed by atoms with Crippen molar-refractivity contribution in [2.75, 3.05) is 19.6 Å². The first-order chi connectivity index (χ1) is 11.8. The van der Waals surface area contributed by atoms with Crippen LogP contribution in [-0.2, 0) is 6.42 Å². The van der Waals surface area contributed by atoms with Crippen molar-refractivity contribution in [3.63, 3.8) is 0 Å². The van der Waals surface area contributed by atoms with E-state index in [2.05, 4.69) is 34.1 Å². The second-order valence-corrected chi connectivity index (χ2v) is 6.68. The number of hydrogen-bond acceptors (Lipinski definition) is 1. The molecule has 0 atom stereocenters. The Morgan fingerprint density at radius 3 is 2.46 bits per heavy atom. The first kappa shape index (κ1) is 15.4. The fraction of sp³-hybridized carbons (Fsp3) is 0.333. The van der Waals surface area contributed by atoms with Crippen molar-refractivity contribution in [2.24, 2.45) is 0 Å². The van der Waals surface area contributed by atoms with Crippen LogP contribution in [0.1, 0.15) is 24.8 Å². The average Bonchev–Trinajstić information content (AvgIpc) is 3.00. The molecule has 1 N–H and O–H groups in total. The molecular weight excluding hydrogens is 299 g/mol. The molecule has 0 saturated carbocycles. The van der Waals surface area contributed by atoms with Crippen molar-refractivity contribution in [3.8, 4) is 11.3 Å². The molecule has 0 radical (unpaired) electrons. The second kappa shape index (κ2) is 6.78. The summed E-state index contributed by atoms with van der Waals surface area (Å²) < 4.78 is 13.3.